The molecule has 144 valence electrons. The normalized spacial score (nSPS) is 13.9. The van der Waals surface area contributed by atoms with Crippen LogP contribution >= 0.6 is 0 Å². The Kier molecular flexibility index (Phi) is 4.74. The molecule has 1 aliphatic rings. The number of fused-ring (bicyclic) bond motifs is 1. The van der Waals surface area contributed by atoms with Crippen LogP contribution in [-0.4, -0.2) is 43.6 Å². The van der Waals surface area contributed by atoms with E-state index in [-0.39, 0.29) is 11.3 Å². The van der Waals surface area contributed by atoms with Crippen LogP contribution in [0.5, 0.6) is 11.5 Å². The molecule has 0 atom stereocenters. The molecule has 0 aliphatic carbocycles. The Morgan fingerprint density at radius 1 is 1.32 bits per heavy atom. The summed E-state index contributed by atoms with van der Waals surface area (Å²) in [6, 6.07) is 2.86. The third-order valence-electron chi connectivity index (χ3n) is 4.70. The number of hydrogen-bond acceptors (Lipinski definition) is 7. The van der Waals surface area contributed by atoms with Crippen molar-refractivity contribution in [2.45, 2.75) is 19.5 Å². The van der Waals surface area contributed by atoms with Gasteiger partial charge in [0.05, 0.1) is 23.9 Å². The summed E-state index contributed by atoms with van der Waals surface area (Å²) >= 11 is 0. The molecule has 0 radical (unpaired) electrons. The highest BCUT2D eigenvalue weighted by Crippen LogP contribution is 2.31. The number of H-pyrrole nitrogens is 1. The molecule has 4 rings (SSSR count). The summed E-state index contributed by atoms with van der Waals surface area (Å²) in [5, 5.41) is 9.64. The maximum atomic E-state index is 13.9. The van der Waals surface area contributed by atoms with E-state index < -0.39 is 11.6 Å². The lowest BCUT2D eigenvalue weighted by atomic mass is 10.1. The van der Waals surface area contributed by atoms with Gasteiger partial charge < -0.3 is 14.8 Å². The molecule has 28 heavy (non-hydrogen) atoms. The van der Waals surface area contributed by atoms with Crippen LogP contribution in [0.3, 0.4) is 0 Å². The third kappa shape index (κ3) is 3.44. The van der Waals surface area contributed by atoms with Gasteiger partial charge >= 0.3 is 0 Å². The van der Waals surface area contributed by atoms with Crippen molar-refractivity contribution in [1.82, 2.24) is 24.8 Å². The van der Waals surface area contributed by atoms with Crippen molar-refractivity contribution >= 4 is 0 Å². The highest BCUT2D eigenvalue weighted by atomic mass is 19.1. The van der Waals surface area contributed by atoms with Crippen molar-refractivity contribution in [2.24, 2.45) is 0 Å². The van der Waals surface area contributed by atoms with Gasteiger partial charge in [0.15, 0.2) is 17.3 Å². The number of aromatic nitrogens is 4. The van der Waals surface area contributed by atoms with Gasteiger partial charge in [-0.25, -0.2) is 19.3 Å². The smallest absolute Gasteiger partial charge is 0.255 e. The molecule has 1 aromatic carbocycles. The lowest BCUT2D eigenvalue weighted by molar-refractivity contribution is 0.240. The summed E-state index contributed by atoms with van der Waals surface area (Å²) < 4.78 is 18.9. The fourth-order valence-electron chi connectivity index (χ4n) is 3.31. The monoisotopic (exact) mass is 383 g/mol. The maximum Gasteiger partial charge on any atom is 0.255 e. The Labute approximate surface area is 159 Å². The van der Waals surface area contributed by atoms with Crippen molar-refractivity contribution in [2.75, 3.05) is 13.7 Å². The van der Waals surface area contributed by atoms with Gasteiger partial charge in [-0.15, -0.1) is 0 Å². The number of hydrogen-bond donors (Lipinski definition) is 2. The summed E-state index contributed by atoms with van der Waals surface area (Å²) in [6.07, 6.45) is 5.20. The van der Waals surface area contributed by atoms with Crippen LogP contribution in [0.4, 0.5) is 4.39 Å². The zero-order valence-electron chi connectivity index (χ0n) is 15.1. The number of nitrogens with zero attached hydrogens (tertiary/aromatic N) is 4. The number of benzene rings is 1. The van der Waals surface area contributed by atoms with Crippen LogP contribution < -0.4 is 10.3 Å². The third-order valence-corrected chi connectivity index (χ3v) is 4.70. The lowest BCUT2D eigenvalue weighted by Gasteiger charge is -2.28. The van der Waals surface area contributed by atoms with Gasteiger partial charge in [0, 0.05) is 38.4 Å². The molecule has 0 amide bonds. The average molecular weight is 383 g/mol. The number of phenolic OH excluding ortho intramolecular Hbond substituents is 1. The standard InChI is InChI=1S/C19H18FN5O3/c1-28-16-5-11(4-14(20)17(16)26)8-25-3-2-15-13(9-25)19(27)24-18(23-15)12-6-21-10-22-7-12/h4-7,10,26H,2-3,8-9H2,1H3,(H,23,24,27). The Morgan fingerprint density at radius 2 is 2.11 bits per heavy atom. The minimum atomic E-state index is -0.735. The quantitative estimate of drug-likeness (QED) is 0.706. The number of ether oxygens (including phenoxy) is 1. The second-order valence-electron chi connectivity index (χ2n) is 6.56. The summed E-state index contributed by atoms with van der Waals surface area (Å²) in [5.74, 6) is -0.709. The predicted octanol–water partition coefficient (Wildman–Crippen LogP) is 1.64. The molecule has 0 saturated heterocycles. The van der Waals surface area contributed by atoms with Crippen molar-refractivity contribution < 1.29 is 14.2 Å². The van der Waals surface area contributed by atoms with E-state index in [1.165, 1.54) is 19.5 Å². The Bertz CT molecular complexity index is 1070. The van der Waals surface area contributed by atoms with Crippen LogP contribution in [-0.2, 0) is 19.5 Å². The summed E-state index contributed by atoms with van der Waals surface area (Å²) in [5.41, 5.74) is 2.43. The van der Waals surface area contributed by atoms with Gasteiger partial charge in [-0.2, -0.15) is 0 Å². The zero-order chi connectivity index (χ0) is 19.7. The number of phenols is 1. The Morgan fingerprint density at radius 3 is 2.86 bits per heavy atom. The number of nitrogens with one attached hydrogen (secondary N) is 1. The molecule has 3 heterocycles. The van der Waals surface area contributed by atoms with Gasteiger partial charge in [-0.05, 0) is 17.7 Å². The largest absolute Gasteiger partial charge is 0.502 e. The minimum absolute atomic E-state index is 0.0849. The van der Waals surface area contributed by atoms with E-state index in [9.17, 15) is 14.3 Å². The summed E-state index contributed by atoms with van der Waals surface area (Å²) in [6.45, 7) is 1.48. The number of halogens is 1. The molecule has 2 aromatic heterocycles. The fourth-order valence-corrected chi connectivity index (χ4v) is 3.31. The lowest BCUT2D eigenvalue weighted by Crippen LogP contribution is -2.35. The first kappa shape index (κ1) is 18.1. The Hall–Kier alpha value is -3.33. The van der Waals surface area contributed by atoms with E-state index in [4.69, 9.17) is 4.74 Å². The van der Waals surface area contributed by atoms with Crippen LogP contribution in [0, 0.1) is 5.82 Å². The highest BCUT2D eigenvalue weighted by Gasteiger charge is 2.22. The second kappa shape index (κ2) is 7.35. The SMILES string of the molecule is COc1cc(CN2CCc3nc(-c4cncnc4)[nH]c(=O)c3C2)cc(F)c1O. The fraction of sp³-hybridized carbons (Fsp3) is 0.263. The molecule has 0 saturated carbocycles. The molecule has 0 bridgehead atoms. The molecule has 0 fully saturated rings. The van der Waals surface area contributed by atoms with E-state index in [2.05, 4.69) is 19.9 Å². The minimum Gasteiger partial charge on any atom is -0.502 e. The predicted molar refractivity (Wildman–Crippen MR) is 98.3 cm³/mol. The first-order valence-electron chi connectivity index (χ1n) is 8.70. The average Bonchev–Trinajstić information content (AvgIpc) is 2.71. The van der Waals surface area contributed by atoms with E-state index in [0.29, 0.717) is 48.6 Å². The number of rotatable bonds is 4. The van der Waals surface area contributed by atoms with Gasteiger partial charge in [-0.1, -0.05) is 0 Å². The first-order chi connectivity index (χ1) is 13.5. The van der Waals surface area contributed by atoms with E-state index >= 15 is 0 Å². The molecule has 9 heteroatoms. The van der Waals surface area contributed by atoms with Crippen LogP contribution in [0.1, 0.15) is 16.8 Å². The van der Waals surface area contributed by atoms with Gasteiger partial charge in [0.2, 0.25) is 0 Å². The molecular weight excluding hydrogens is 365 g/mol. The molecule has 1 aliphatic heterocycles. The number of aromatic amines is 1. The van der Waals surface area contributed by atoms with E-state index in [1.807, 2.05) is 4.90 Å². The van der Waals surface area contributed by atoms with Crippen LogP contribution in [0.15, 0.2) is 35.6 Å². The topological polar surface area (TPSA) is 104 Å². The van der Waals surface area contributed by atoms with Crippen LogP contribution in [0.2, 0.25) is 0 Å². The zero-order valence-corrected chi connectivity index (χ0v) is 15.1. The van der Waals surface area contributed by atoms with Crippen molar-refractivity contribution in [1.29, 1.82) is 0 Å². The molecular formula is C19H18FN5O3. The summed E-state index contributed by atoms with van der Waals surface area (Å²) in [4.78, 5) is 29.8. The van der Waals surface area contributed by atoms with Crippen LogP contribution in [0.25, 0.3) is 11.4 Å². The number of aromatic hydroxyl groups is 1. The molecule has 0 spiro atoms. The highest BCUT2D eigenvalue weighted by molar-refractivity contribution is 5.52. The molecule has 2 N–H and O–H groups in total. The van der Waals surface area contributed by atoms with Gasteiger partial charge in [0.1, 0.15) is 12.2 Å². The van der Waals surface area contributed by atoms with E-state index in [0.717, 1.165) is 5.69 Å². The molecule has 3 aromatic rings. The second-order valence-corrected chi connectivity index (χ2v) is 6.56. The van der Waals surface area contributed by atoms with Gasteiger partial charge in [-0.3, -0.25) is 9.69 Å². The molecule has 8 nitrogen and oxygen atoms in total. The maximum absolute atomic E-state index is 13.9. The van der Waals surface area contributed by atoms with Crippen molar-refractivity contribution in [3.63, 3.8) is 0 Å². The number of methoxy groups -OCH3 is 1. The van der Waals surface area contributed by atoms with E-state index in [1.54, 1.807) is 18.5 Å². The first-order valence-corrected chi connectivity index (χ1v) is 8.70. The van der Waals surface area contributed by atoms with Crippen molar-refractivity contribution in [3.8, 4) is 22.9 Å². The van der Waals surface area contributed by atoms with Crippen molar-refractivity contribution in [3.05, 3.63) is 63.8 Å². The Balaban J connectivity index is 1.57. The summed E-state index contributed by atoms with van der Waals surface area (Å²) in [7, 11) is 1.37. The molecule has 0 unspecified atom stereocenters. The van der Waals surface area contributed by atoms with Gasteiger partial charge in [0.25, 0.3) is 5.56 Å².